The summed E-state index contributed by atoms with van der Waals surface area (Å²) in [4.78, 5) is 54.8. The third-order valence-corrected chi connectivity index (χ3v) is 31.0. The summed E-state index contributed by atoms with van der Waals surface area (Å²) in [7, 11) is -9.24. The van der Waals surface area contributed by atoms with E-state index in [2.05, 4.69) is 0 Å². The number of sulfonamides is 5. The Bertz CT molecular complexity index is 7270. The van der Waals surface area contributed by atoms with Gasteiger partial charge in [-0.05, 0) is 258 Å². The van der Waals surface area contributed by atoms with Crippen molar-refractivity contribution in [2.75, 3.05) is 49.7 Å². The fraction of sp³-hybridized carbons (Fsp3) is 0.152. The summed E-state index contributed by atoms with van der Waals surface area (Å²) >= 11 is 0. The maximum Gasteiger partial charge on any atom is 0.335 e. The highest BCUT2D eigenvalue weighted by molar-refractivity contribution is 7.90. The van der Waals surface area contributed by atoms with Crippen LogP contribution < -0.4 is 28.4 Å². The number of rotatable bonds is 39. The molecule has 0 bridgehead atoms. The Morgan fingerprint density at radius 2 is 0.445 bits per heavy atom. The average molecular weight is 2100 g/mol. The number of hydrogen-bond donors (Lipinski definition) is 5. The van der Waals surface area contributed by atoms with E-state index in [4.69, 9.17) is 54.0 Å². The number of nitrogens with zero attached hydrogens (tertiary/aromatic N) is 5. The lowest BCUT2D eigenvalue weighted by atomic mass is 10.2. The van der Waals surface area contributed by atoms with Crippen LogP contribution in [0, 0.1) is 29.1 Å². The number of carboxylic acid groups (broad SMARTS) is 5. The number of carboxylic acids is 5. The van der Waals surface area contributed by atoms with E-state index in [9.17, 15) is 88.0 Å². The third-order valence-electron chi connectivity index (χ3n) is 22.0. The van der Waals surface area contributed by atoms with Gasteiger partial charge in [-0.2, -0.15) is 21.5 Å². The molecule has 0 amide bonds. The molecule has 41 heteroatoms. The highest BCUT2D eigenvalue weighted by Gasteiger charge is 2.33. The number of halogens is 5. The topological polar surface area (TPSA) is 429 Å². The van der Waals surface area contributed by atoms with Crippen LogP contribution >= 0.6 is 0 Å². The van der Waals surface area contributed by atoms with Gasteiger partial charge in [0.1, 0.15) is 51.9 Å². The Morgan fingerprint density at radius 3 is 0.699 bits per heavy atom. The van der Waals surface area contributed by atoms with Gasteiger partial charge in [0.05, 0.1) is 95.0 Å². The molecule has 14 aromatic rings. The van der Waals surface area contributed by atoms with E-state index in [-0.39, 0.29) is 115 Å². The Labute approximate surface area is 840 Å². The maximum atomic E-state index is 14.3. The molecule has 0 unspecified atom stereocenters. The smallest absolute Gasteiger partial charge is 0.335 e. The molecular weight excluding hydrogens is 2000 g/mol. The normalized spacial score (nSPS) is 11.4. The van der Waals surface area contributed by atoms with Crippen molar-refractivity contribution in [1.82, 2.24) is 21.5 Å². The van der Waals surface area contributed by atoms with Crippen LogP contribution in [0.3, 0.4) is 0 Å². The first-order valence-electron chi connectivity index (χ1n) is 43.4. The minimum Gasteiger partial charge on any atom is -0.497 e. The molecule has 764 valence electrons. The number of carbonyl (C=O) groups is 5. The lowest BCUT2D eigenvalue weighted by Crippen LogP contribution is -2.30. The second-order valence-corrected chi connectivity index (χ2v) is 41.4. The van der Waals surface area contributed by atoms with Crippen molar-refractivity contribution in [3.8, 4) is 34.5 Å². The molecule has 0 aromatic heterocycles. The van der Waals surface area contributed by atoms with Gasteiger partial charge in [-0.25, -0.2) is 88.0 Å². The van der Waals surface area contributed by atoms with Crippen molar-refractivity contribution in [2.24, 2.45) is 0 Å². The zero-order valence-electron chi connectivity index (χ0n) is 79.0. The van der Waals surface area contributed by atoms with Crippen LogP contribution in [0.2, 0.25) is 0 Å². The molecule has 0 aliphatic rings. The molecule has 14 aromatic carbocycles. The Balaban J connectivity index is 0.000000188. The molecule has 0 atom stereocenters. The standard InChI is InChI=1S/C23H23NO6S.2C22H19F2NO5S.C22H20FNO5S.C16H17NO5S/c1-29-20-9-3-17(4-10-20)15-24(16-18-5-11-21(30-2)12-6-18)31(27,28)22-13-7-19(8-14-22)23(25)26;1-30-19-7-2-15(3-8-19)13-25(14-17-12-18(23)6-11-21(17)24)31(28,29)20-9-4-16(5-10-20)22(26)27;1-30-18-9-5-15(6-10-18)13-25(14-17-3-2-4-20(23)21(17)24)31(28,29)19-11-7-16(8-12-19)22(26)27;1-29-19-10-6-16(7-11-19)14-24(15-18-4-2-3-5-21(18)23)30(27,28)20-12-8-17(9-13-20)22(25)26;1-17(11-12-3-7-14(22-2)8-4-12)23(20,21)15-9-5-13(6-10-15)16(18)19/h3-14H,15-16H2,1-2H3,(H,25,26);2*2-12H,13-14H2,1H3,(H,26,27);2-13H,14-15H2,1H3,(H,25,26);3-10H,11H2,1-2H3,(H,18,19). The zero-order chi connectivity index (χ0) is 106. The summed E-state index contributed by atoms with van der Waals surface area (Å²) in [6.45, 7) is -0.780. The highest BCUT2D eigenvalue weighted by Crippen LogP contribution is 2.32. The molecule has 0 spiro atoms. The van der Waals surface area contributed by atoms with Gasteiger partial charge < -0.3 is 54.0 Å². The average Bonchev–Trinajstić information content (AvgIpc) is 0.810. The molecule has 0 radical (unpaired) electrons. The predicted molar refractivity (Wildman–Crippen MR) is 528 cm³/mol. The zero-order valence-corrected chi connectivity index (χ0v) is 83.1. The van der Waals surface area contributed by atoms with Gasteiger partial charge in [-0.1, -0.05) is 103 Å². The number of aromatic carboxylic acids is 5. The van der Waals surface area contributed by atoms with Crippen molar-refractivity contribution in [1.29, 1.82) is 0 Å². The Morgan fingerprint density at radius 1 is 0.233 bits per heavy atom. The van der Waals surface area contributed by atoms with Crippen LogP contribution in [0.1, 0.15) is 102 Å². The van der Waals surface area contributed by atoms with Crippen molar-refractivity contribution in [3.05, 3.63) is 435 Å². The maximum absolute atomic E-state index is 14.3. The summed E-state index contributed by atoms with van der Waals surface area (Å²) in [5.74, 6) is -6.04. The third kappa shape index (κ3) is 30.7. The minimum atomic E-state index is -4.17. The van der Waals surface area contributed by atoms with Gasteiger partial charge in [0.2, 0.25) is 50.1 Å². The van der Waals surface area contributed by atoms with E-state index in [1.165, 1.54) is 189 Å². The first kappa shape index (κ1) is 112. The first-order chi connectivity index (χ1) is 69.4. The molecular formula is C105H98F5N5O26S5. The second kappa shape index (κ2) is 51.6. The summed E-state index contributed by atoms with van der Waals surface area (Å²) in [5.41, 5.74) is 4.18. The highest BCUT2D eigenvalue weighted by atomic mass is 32.2. The molecule has 0 aliphatic carbocycles. The summed E-state index contributed by atoms with van der Waals surface area (Å²) < 4.78 is 238. The molecule has 0 saturated heterocycles. The van der Waals surface area contributed by atoms with Gasteiger partial charge in [0.25, 0.3) is 0 Å². The van der Waals surface area contributed by atoms with E-state index in [0.29, 0.717) is 51.2 Å². The molecule has 146 heavy (non-hydrogen) atoms. The SMILES string of the molecule is COc1ccc(CN(C)S(=O)(=O)c2ccc(C(=O)O)cc2)cc1.COc1ccc(CN(Cc2cc(F)ccc2F)S(=O)(=O)c2ccc(C(=O)O)cc2)cc1.COc1ccc(CN(Cc2ccc(OC)cc2)S(=O)(=O)c2ccc(C(=O)O)cc2)cc1.COc1ccc(CN(Cc2cccc(F)c2F)S(=O)(=O)c2ccc(C(=O)O)cc2)cc1.COc1ccc(CN(Cc2ccccc2F)S(=O)(=O)c2ccc(C(=O)O)cc2)cc1. The largest absolute Gasteiger partial charge is 0.497 e. The monoisotopic (exact) mass is 2100 g/mol. The summed E-state index contributed by atoms with van der Waals surface area (Å²) in [6, 6.07) is 78.6. The van der Waals surface area contributed by atoms with Crippen molar-refractivity contribution in [2.45, 2.75) is 83.4 Å². The quantitative estimate of drug-likeness (QED) is 0.0223. The van der Waals surface area contributed by atoms with E-state index in [1.54, 1.807) is 149 Å². The minimum absolute atomic E-state index is 0.00133. The molecule has 0 heterocycles. The van der Waals surface area contributed by atoms with E-state index in [1.807, 2.05) is 24.3 Å². The molecule has 5 N–H and O–H groups in total. The van der Waals surface area contributed by atoms with E-state index >= 15 is 0 Å². The number of ether oxygens (including phenoxy) is 6. The summed E-state index contributed by atoms with van der Waals surface area (Å²) in [6.07, 6.45) is 0. The number of methoxy groups -OCH3 is 6. The van der Waals surface area contributed by atoms with Crippen LogP contribution in [0.15, 0.2) is 352 Å². The fourth-order valence-electron chi connectivity index (χ4n) is 13.8. The van der Waals surface area contributed by atoms with Gasteiger partial charge in [0.15, 0.2) is 11.6 Å². The molecule has 14 rings (SSSR count). The molecule has 31 nitrogen and oxygen atoms in total. The van der Waals surface area contributed by atoms with Crippen molar-refractivity contribution in [3.63, 3.8) is 0 Å². The molecule has 0 fully saturated rings. The van der Waals surface area contributed by atoms with Gasteiger partial charge >= 0.3 is 29.8 Å². The lowest BCUT2D eigenvalue weighted by Gasteiger charge is -2.23. The van der Waals surface area contributed by atoms with Crippen LogP contribution in [0.5, 0.6) is 34.5 Å². The van der Waals surface area contributed by atoms with Gasteiger partial charge in [0, 0.05) is 82.6 Å². The van der Waals surface area contributed by atoms with Crippen LogP contribution in [-0.4, -0.2) is 169 Å². The molecule has 0 saturated carbocycles. The van der Waals surface area contributed by atoms with Crippen LogP contribution in [-0.2, 0) is 109 Å². The Kier molecular flexibility index (Phi) is 39.7. The van der Waals surface area contributed by atoms with Crippen molar-refractivity contribution < 1.29 is 142 Å². The number of hydrogen-bond acceptors (Lipinski definition) is 21. The Hall–Kier alpha value is -15.6. The van der Waals surface area contributed by atoms with Gasteiger partial charge in [-0.15, -0.1) is 0 Å². The number of benzene rings is 14. The van der Waals surface area contributed by atoms with Crippen LogP contribution in [0.25, 0.3) is 0 Å². The van der Waals surface area contributed by atoms with Crippen molar-refractivity contribution >= 4 is 80.0 Å². The van der Waals surface area contributed by atoms with Crippen LogP contribution in [0.4, 0.5) is 22.0 Å². The van der Waals surface area contributed by atoms with Gasteiger partial charge in [-0.3, -0.25) is 0 Å². The molecule has 0 aliphatic heterocycles. The fourth-order valence-corrected chi connectivity index (χ4v) is 20.6. The van der Waals surface area contributed by atoms with E-state index in [0.717, 1.165) is 53.9 Å². The van der Waals surface area contributed by atoms with E-state index < -0.39 is 122 Å². The predicted octanol–water partition coefficient (Wildman–Crippen LogP) is 18.1. The second-order valence-electron chi connectivity index (χ2n) is 31.6. The summed E-state index contributed by atoms with van der Waals surface area (Å²) in [5, 5.41) is 45.0. The lowest BCUT2D eigenvalue weighted by molar-refractivity contribution is 0.0686. The first-order valence-corrected chi connectivity index (χ1v) is 50.6.